The molecule has 3 nitrogen and oxygen atoms in total. The number of likely N-dealkylation sites (N-methyl/N-ethyl adjacent to an activating group) is 1. The minimum atomic E-state index is 0.687. The fourth-order valence-corrected chi connectivity index (χ4v) is 2.60. The molecule has 0 amide bonds. The Morgan fingerprint density at radius 3 is 3.07 bits per heavy atom. The number of nitrogens with one attached hydrogen (secondary N) is 1. The van der Waals surface area contributed by atoms with Crippen molar-refractivity contribution in [3.8, 4) is 0 Å². The van der Waals surface area contributed by atoms with E-state index in [4.69, 9.17) is 4.98 Å². The van der Waals surface area contributed by atoms with Crippen molar-refractivity contribution >= 4 is 0 Å². The van der Waals surface area contributed by atoms with Crippen molar-refractivity contribution in [1.29, 1.82) is 0 Å². The van der Waals surface area contributed by atoms with E-state index in [9.17, 15) is 0 Å². The number of nitrogens with zero attached hydrogens (tertiary/aromatic N) is 2. The highest BCUT2D eigenvalue weighted by Gasteiger charge is 2.22. The normalized spacial score (nSPS) is 20.3. The maximum Gasteiger partial charge on any atom is 0.106 e. The molecule has 2 rings (SSSR count). The van der Waals surface area contributed by atoms with Gasteiger partial charge in [-0.15, -0.1) is 0 Å². The quantitative estimate of drug-likeness (QED) is 0.819. The molecule has 0 fully saturated rings. The summed E-state index contributed by atoms with van der Waals surface area (Å²) in [7, 11) is 2.00. The number of imidazole rings is 1. The van der Waals surface area contributed by atoms with Gasteiger partial charge in [-0.05, 0) is 32.7 Å². The molecule has 1 aliphatic rings. The molecule has 1 atom stereocenters. The smallest absolute Gasteiger partial charge is 0.106 e. The predicted octanol–water partition coefficient (Wildman–Crippen LogP) is 1.85. The average Bonchev–Trinajstić information content (AvgIpc) is 2.55. The van der Waals surface area contributed by atoms with Crippen LogP contribution in [0.2, 0.25) is 0 Å². The first-order valence-electron chi connectivity index (χ1n) is 5.94. The molecular formula is C12H21N3. The van der Waals surface area contributed by atoms with Crippen LogP contribution < -0.4 is 5.32 Å². The second-order valence-electron chi connectivity index (χ2n) is 4.54. The molecule has 0 saturated heterocycles. The molecule has 1 N–H and O–H groups in total. The lowest BCUT2D eigenvalue weighted by molar-refractivity contribution is 0.465. The summed E-state index contributed by atoms with van der Waals surface area (Å²) in [6.45, 7) is 6.65. The number of hydrogen-bond donors (Lipinski definition) is 1. The molecular weight excluding hydrogens is 186 g/mol. The molecule has 84 valence electrons. The van der Waals surface area contributed by atoms with Gasteiger partial charge < -0.3 is 9.88 Å². The van der Waals surface area contributed by atoms with Crippen LogP contribution in [0.5, 0.6) is 0 Å². The van der Waals surface area contributed by atoms with Crippen molar-refractivity contribution in [1.82, 2.24) is 14.9 Å². The van der Waals surface area contributed by atoms with Crippen molar-refractivity contribution in [3.63, 3.8) is 0 Å². The molecule has 3 heteroatoms. The number of fused-ring (bicyclic) bond motifs is 1. The van der Waals surface area contributed by atoms with Crippen LogP contribution in [0.3, 0.4) is 0 Å². The number of rotatable bonds is 3. The predicted molar refractivity (Wildman–Crippen MR) is 62.2 cm³/mol. The molecule has 1 aromatic rings. The van der Waals surface area contributed by atoms with E-state index in [0.29, 0.717) is 5.92 Å². The van der Waals surface area contributed by atoms with E-state index in [0.717, 1.165) is 19.5 Å². The Labute approximate surface area is 91.9 Å². The fraction of sp³-hybridized carbons (Fsp3) is 0.750. The minimum absolute atomic E-state index is 0.687. The van der Waals surface area contributed by atoms with Gasteiger partial charge in [-0.1, -0.05) is 6.92 Å². The second-order valence-corrected chi connectivity index (χ2v) is 4.54. The zero-order chi connectivity index (χ0) is 10.8. The molecule has 1 aromatic heterocycles. The Bertz CT molecular complexity index is 341. The van der Waals surface area contributed by atoms with Gasteiger partial charge in [0.1, 0.15) is 5.82 Å². The van der Waals surface area contributed by atoms with Crippen LogP contribution >= 0.6 is 0 Å². The van der Waals surface area contributed by atoms with E-state index in [1.165, 1.54) is 30.1 Å². The van der Waals surface area contributed by atoms with Crippen molar-refractivity contribution < 1.29 is 0 Å². The van der Waals surface area contributed by atoms with Crippen molar-refractivity contribution in [2.24, 2.45) is 0 Å². The van der Waals surface area contributed by atoms with E-state index in [1.54, 1.807) is 0 Å². The van der Waals surface area contributed by atoms with Gasteiger partial charge in [0.2, 0.25) is 0 Å². The monoisotopic (exact) mass is 207 g/mol. The summed E-state index contributed by atoms with van der Waals surface area (Å²) in [5.74, 6) is 1.88. The van der Waals surface area contributed by atoms with Crippen molar-refractivity contribution in [2.45, 2.75) is 45.6 Å². The fourth-order valence-electron chi connectivity index (χ4n) is 2.60. The van der Waals surface area contributed by atoms with Gasteiger partial charge in [0.05, 0.1) is 5.69 Å². The molecule has 0 aromatic carbocycles. The number of hydrogen-bond acceptors (Lipinski definition) is 2. The van der Waals surface area contributed by atoms with Crippen LogP contribution in [-0.2, 0) is 13.0 Å². The van der Waals surface area contributed by atoms with E-state index in [-0.39, 0.29) is 0 Å². The van der Waals surface area contributed by atoms with E-state index >= 15 is 0 Å². The van der Waals surface area contributed by atoms with Crippen LogP contribution in [0.15, 0.2) is 0 Å². The molecule has 0 radical (unpaired) electrons. The van der Waals surface area contributed by atoms with E-state index in [1.807, 2.05) is 7.05 Å². The first kappa shape index (κ1) is 10.7. The summed E-state index contributed by atoms with van der Waals surface area (Å²) in [5, 5.41) is 3.20. The first-order chi connectivity index (χ1) is 7.24. The molecule has 0 aliphatic carbocycles. The lowest BCUT2D eigenvalue weighted by atomic mass is 9.95. The first-order valence-corrected chi connectivity index (χ1v) is 5.94. The molecule has 0 saturated carbocycles. The summed E-state index contributed by atoms with van der Waals surface area (Å²) >= 11 is 0. The van der Waals surface area contributed by atoms with Crippen molar-refractivity contribution in [3.05, 3.63) is 17.2 Å². The van der Waals surface area contributed by atoms with Crippen LogP contribution in [0.25, 0.3) is 0 Å². The van der Waals surface area contributed by atoms with Crippen LogP contribution in [-0.4, -0.2) is 23.1 Å². The minimum Gasteiger partial charge on any atom is -0.332 e. The Hall–Kier alpha value is -0.830. The number of aromatic nitrogens is 2. The maximum atomic E-state index is 4.70. The highest BCUT2D eigenvalue weighted by Crippen LogP contribution is 2.30. The third kappa shape index (κ3) is 1.93. The SMILES string of the molecule is CNCCc1nc(C)n2c1C(C)CCC2. The summed E-state index contributed by atoms with van der Waals surface area (Å²) < 4.78 is 2.42. The maximum absolute atomic E-state index is 4.70. The molecule has 0 spiro atoms. The molecule has 1 aliphatic heterocycles. The summed E-state index contributed by atoms with van der Waals surface area (Å²) in [4.78, 5) is 4.70. The average molecular weight is 207 g/mol. The largest absolute Gasteiger partial charge is 0.332 e. The summed E-state index contributed by atoms with van der Waals surface area (Å²) in [5.41, 5.74) is 2.81. The van der Waals surface area contributed by atoms with Crippen LogP contribution in [0, 0.1) is 6.92 Å². The van der Waals surface area contributed by atoms with Crippen LogP contribution in [0.4, 0.5) is 0 Å². The third-order valence-corrected chi connectivity index (χ3v) is 3.37. The zero-order valence-corrected chi connectivity index (χ0v) is 10.0. The molecule has 1 unspecified atom stereocenters. The molecule has 2 heterocycles. The Morgan fingerprint density at radius 1 is 1.53 bits per heavy atom. The van der Waals surface area contributed by atoms with Crippen LogP contribution in [0.1, 0.15) is 42.9 Å². The number of aryl methyl sites for hydroxylation is 1. The van der Waals surface area contributed by atoms with Gasteiger partial charge in [-0.3, -0.25) is 0 Å². The lowest BCUT2D eigenvalue weighted by Gasteiger charge is -2.22. The van der Waals surface area contributed by atoms with Gasteiger partial charge in [0.15, 0.2) is 0 Å². The Kier molecular flexibility index (Phi) is 3.10. The van der Waals surface area contributed by atoms with Gasteiger partial charge in [0, 0.05) is 25.2 Å². The molecule has 0 bridgehead atoms. The van der Waals surface area contributed by atoms with Gasteiger partial charge in [0.25, 0.3) is 0 Å². The summed E-state index contributed by atoms with van der Waals surface area (Å²) in [6, 6.07) is 0. The summed E-state index contributed by atoms with van der Waals surface area (Å²) in [6.07, 6.45) is 3.68. The lowest BCUT2D eigenvalue weighted by Crippen LogP contribution is -2.17. The van der Waals surface area contributed by atoms with E-state index in [2.05, 4.69) is 23.7 Å². The zero-order valence-electron chi connectivity index (χ0n) is 10.0. The van der Waals surface area contributed by atoms with Gasteiger partial charge in [-0.2, -0.15) is 0 Å². The third-order valence-electron chi connectivity index (χ3n) is 3.37. The highest BCUT2D eigenvalue weighted by molar-refractivity contribution is 5.22. The second kappa shape index (κ2) is 4.35. The van der Waals surface area contributed by atoms with Gasteiger partial charge >= 0.3 is 0 Å². The van der Waals surface area contributed by atoms with E-state index < -0.39 is 0 Å². The standard InChI is InChI=1S/C12H21N3/c1-9-5-4-8-15-10(2)14-11(12(9)15)6-7-13-3/h9,13H,4-8H2,1-3H3. The van der Waals surface area contributed by atoms with Gasteiger partial charge in [-0.25, -0.2) is 4.98 Å². The molecule has 15 heavy (non-hydrogen) atoms. The highest BCUT2D eigenvalue weighted by atomic mass is 15.1. The Morgan fingerprint density at radius 2 is 2.33 bits per heavy atom. The Balaban J connectivity index is 2.30. The topological polar surface area (TPSA) is 29.9 Å². The van der Waals surface area contributed by atoms with Crippen molar-refractivity contribution in [2.75, 3.05) is 13.6 Å².